The average Bonchev–Trinajstić information content (AvgIpc) is 2.26. The SMILES string of the molecule is C=C/C=C/C(C)/C(=C\C)C(CC)=NCC. The molecule has 0 rings (SSSR count). The Morgan fingerprint density at radius 1 is 1.40 bits per heavy atom. The average molecular weight is 205 g/mol. The molecule has 0 aromatic rings. The normalized spacial score (nSPS) is 15.7. The molecule has 0 saturated heterocycles. The van der Waals surface area contributed by atoms with E-state index in [-0.39, 0.29) is 0 Å². The first-order chi connectivity index (χ1) is 7.21. The standard InChI is InChI=1S/C14H23N/c1-6-10-11-12(5)13(7-2)14(8-3)15-9-4/h6-7,10-12H,1,8-9H2,2-5H3/b11-10+,13-7+,15-14?. The lowest BCUT2D eigenvalue weighted by Crippen LogP contribution is -2.09. The Morgan fingerprint density at radius 3 is 2.47 bits per heavy atom. The number of aliphatic imine (C=N–C) groups is 1. The first-order valence-electron chi connectivity index (χ1n) is 5.70. The molecule has 1 heteroatoms. The summed E-state index contributed by atoms with van der Waals surface area (Å²) in [4.78, 5) is 4.53. The first kappa shape index (κ1) is 13.9. The van der Waals surface area contributed by atoms with E-state index < -0.39 is 0 Å². The fourth-order valence-electron chi connectivity index (χ4n) is 1.64. The predicted molar refractivity (Wildman–Crippen MR) is 70.5 cm³/mol. The highest BCUT2D eigenvalue weighted by molar-refractivity contribution is 6.00. The van der Waals surface area contributed by atoms with Crippen LogP contribution in [-0.4, -0.2) is 12.3 Å². The summed E-state index contributed by atoms with van der Waals surface area (Å²) in [7, 11) is 0. The molecule has 1 unspecified atom stereocenters. The maximum absolute atomic E-state index is 4.53. The van der Waals surface area contributed by atoms with Gasteiger partial charge in [-0.25, -0.2) is 0 Å². The number of rotatable bonds is 6. The monoisotopic (exact) mass is 205 g/mol. The van der Waals surface area contributed by atoms with E-state index in [4.69, 9.17) is 0 Å². The quantitative estimate of drug-likeness (QED) is 0.455. The molecule has 0 aliphatic carbocycles. The van der Waals surface area contributed by atoms with Crippen molar-refractivity contribution in [2.75, 3.05) is 6.54 Å². The van der Waals surface area contributed by atoms with E-state index in [1.807, 2.05) is 12.2 Å². The van der Waals surface area contributed by atoms with E-state index >= 15 is 0 Å². The highest BCUT2D eigenvalue weighted by atomic mass is 14.7. The largest absolute Gasteiger partial charge is 0.290 e. The molecule has 0 saturated carbocycles. The highest BCUT2D eigenvalue weighted by Crippen LogP contribution is 2.16. The van der Waals surface area contributed by atoms with Crippen molar-refractivity contribution in [2.24, 2.45) is 10.9 Å². The second-order valence-electron chi connectivity index (χ2n) is 3.43. The highest BCUT2D eigenvalue weighted by Gasteiger charge is 2.09. The van der Waals surface area contributed by atoms with Gasteiger partial charge in [0.25, 0.3) is 0 Å². The van der Waals surface area contributed by atoms with Gasteiger partial charge in [-0.2, -0.15) is 0 Å². The van der Waals surface area contributed by atoms with Gasteiger partial charge in [-0.05, 0) is 25.8 Å². The Kier molecular flexibility index (Phi) is 7.61. The first-order valence-corrected chi connectivity index (χ1v) is 5.70. The molecule has 0 aromatic carbocycles. The Morgan fingerprint density at radius 2 is 2.07 bits per heavy atom. The van der Waals surface area contributed by atoms with Crippen LogP contribution in [0.15, 0.2) is 41.4 Å². The van der Waals surface area contributed by atoms with Gasteiger partial charge in [0.1, 0.15) is 0 Å². The van der Waals surface area contributed by atoms with Crippen molar-refractivity contribution in [1.29, 1.82) is 0 Å². The zero-order chi connectivity index (χ0) is 11.7. The van der Waals surface area contributed by atoms with Gasteiger partial charge < -0.3 is 0 Å². The third kappa shape index (κ3) is 4.78. The zero-order valence-electron chi connectivity index (χ0n) is 10.5. The fraction of sp³-hybridized carbons (Fsp3) is 0.500. The predicted octanol–water partition coefficient (Wildman–Crippen LogP) is 4.18. The van der Waals surface area contributed by atoms with Gasteiger partial charge in [0.15, 0.2) is 0 Å². The van der Waals surface area contributed by atoms with Crippen molar-refractivity contribution in [3.05, 3.63) is 36.5 Å². The van der Waals surface area contributed by atoms with E-state index in [0.717, 1.165) is 13.0 Å². The second-order valence-corrected chi connectivity index (χ2v) is 3.43. The Balaban J connectivity index is 4.82. The summed E-state index contributed by atoms with van der Waals surface area (Å²) in [6, 6.07) is 0. The van der Waals surface area contributed by atoms with Crippen molar-refractivity contribution in [3.8, 4) is 0 Å². The van der Waals surface area contributed by atoms with Crippen LogP contribution in [0.1, 0.15) is 34.1 Å². The minimum Gasteiger partial charge on any atom is -0.290 e. The smallest absolute Gasteiger partial charge is 0.0379 e. The minimum atomic E-state index is 0.415. The van der Waals surface area contributed by atoms with Gasteiger partial charge in [0, 0.05) is 18.2 Å². The molecule has 0 aliphatic heterocycles. The molecule has 0 bridgehead atoms. The van der Waals surface area contributed by atoms with Crippen LogP contribution in [-0.2, 0) is 0 Å². The van der Waals surface area contributed by atoms with Gasteiger partial charge in [-0.3, -0.25) is 4.99 Å². The molecule has 15 heavy (non-hydrogen) atoms. The summed E-state index contributed by atoms with van der Waals surface area (Å²) in [5.74, 6) is 0.415. The summed E-state index contributed by atoms with van der Waals surface area (Å²) >= 11 is 0. The third-order valence-corrected chi connectivity index (χ3v) is 2.35. The maximum atomic E-state index is 4.53. The summed E-state index contributed by atoms with van der Waals surface area (Å²) in [6.07, 6.45) is 9.12. The topological polar surface area (TPSA) is 12.4 Å². The molecule has 0 N–H and O–H groups in total. The lowest BCUT2D eigenvalue weighted by molar-refractivity contribution is 0.889. The molecule has 0 radical (unpaired) electrons. The Hall–Kier alpha value is -1.11. The van der Waals surface area contributed by atoms with Gasteiger partial charge in [-0.15, -0.1) is 0 Å². The number of hydrogen-bond acceptors (Lipinski definition) is 1. The molecule has 84 valence electrons. The van der Waals surface area contributed by atoms with Crippen LogP contribution < -0.4 is 0 Å². The summed E-state index contributed by atoms with van der Waals surface area (Å²) in [6.45, 7) is 13.0. The Bertz CT molecular complexity index is 269. The van der Waals surface area contributed by atoms with Gasteiger partial charge in [-0.1, -0.05) is 44.7 Å². The molecule has 0 aliphatic rings. The van der Waals surface area contributed by atoms with Crippen molar-refractivity contribution >= 4 is 5.71 Å². The number of nitrogens with zero attached hydrogens (tertiary/aromatic N) is 1. The molecule has 1 atom stereocenters. The molecule has 0 spiro atoms. The van der Waals surface area contributed by atoms with E-state index in [0.29, 0.717) is 5.92 Å². The summed E-state index contributed by atoms with van der Waals surface area (Å²) in [5, 5.41) is 0. The van der Waals surface area contributed by atoms with Crippen LogP contribution >= 0.6 is 0 Å². The molecule has 0 heterocycles. The second kappa shape index (κ2) is 8.22. The number of allylic oxidation sites excluding steroid dienone is 5. The molecule has 0 fully saturated rings. The van der Waals surface area contributed by atoms with Crippen molar-refractivity contribution in [1.82, 2.24) is 0 Å². The lowest BCUT2D eigenvalue weighted by atomic mass is 9.94. The third-order valence-electron chi connectivity index (χ3n) is 2.35. The van der Waals surface area contributed by atoms with Crippen LogP contribution in [0.5, 0.6) is 0 Å². The molecular formula is C14H23N. The summed E-state index contributed by atoms with van der Waals surface area (Å²) < 4.78 is 0. The van der Waals surface area contributed by atoms with Gasteiger partial charge in [0.05, 0.1) is 0 Å². The van der Waals surface area contributed by atoms with Crippen LogP contribution in [0, 0.1) is 5.92 Å². The van der Waals surface area contributed by atoms with Crippen molar-refractivity contribution in [3.63, 3.8) is 0 Å². The number of hydrogen-bond donors (Lipinski definition) is 0. The van der Waals surface area contributed by atoms with Crippen LogP contribution in [0.3, 0.4) is 0 Å². The van der Waals surface area contributed by atoms with E-state index in [1.165, 1.54) is 11.3 Å². The maximum Gasteiger partial charge on any atom is 0.0379 e. The fourth-order valence-corrected chi connectivity index (χ4v) is 1.64. The van der Waals surface area contributed by atoms with E-state index in [1.54, 1.807) is 0 Å². The van der Waals surface area contributed by atoms with Crippen LogP contribution in [0.25, 0.3) is 0 Å². The van der Waals surface area contributed by atoms with Crippen LogP contribution in [0.2, 0.25) is 0 Å². The van der Waals surface area contributed by atoms with Gasteiger partial charge in [0.2, 0.25) is 0 Å². The molecule has 1 nitrogen and oxygen atoms in total. The van der Waals surface area contributed by atoms with Gasteiger partial charge >= 0.3 is 0 Å². The molecular weight excluding hydrogens is 182 g/mol. The lowest BCUT2D eigenvalue weighted by Gasteiger charge is -2.13. The van der Waals surface area contributed by atoms with Crippen molar-refractivity contribution in [2.45, 2.75) is 34.1 Å². The van der Waals surface area contributed by atoms with Crippen LogP contribution in [0.4, 0.5) is 0 Å². The zero-order valence-corrected chi connectivity index (χ0v) is 10.5. The van der Waals surface area contributed by atoms with Crippen molar-refractivity contribution < 1.29 is 0 Å². The summed E-state index contributed by atoms with van der Waals surface area (Å²) in [5.41, 5.74) is 2.55. The van der Waals surface area contributed by atoms with E-state index in [2.05, 4.69) is 51.4 Å². The Labute approximate surface area is 94.3 Å². The molecule has 0 amide bonds. The molecule has 0 aromatic heterocycles. The minimum absolute atomic E-state index is 0.415. The van der Waals surface area contributed by atoms with E-state index in [9.17, 15) is 0 Å².